The van der Waals surface area contributed by atoms with Crippen LogP contribution in [-0.4, -0.2) is 81.1 Å². The van der Waals surface area contributed by atoms with Crippen molar-refractivity contribution in [2.45, 2.75) is 74.5 Å². The molecule has 202 valence electrons. The van der Waals surface area contributed by atoms with Gasteiger partial charge in [0, 0.05) is 18.3 Å². The maximum absolute atomic E-state index is 14.4. The second-order valence-corrected chi connectivity index (χ2v) is 12.0. The first-order valence-electron chi connectivity index (χ1n) is 13.6. The number of esters is 1. The SMILES string of the molecule is C=CCN(CCCCC)C(=O)C1N([C@@H](CO)Cc2ccccc2)C(=O)[C@@H]2[C@@H](C(=O)OCC)[C@H]3CCC12S3. The van der Waals surface area contributed by atoms with Crippen LogP contribution in [0, 0.1) is 11.8 Å². The fraction of sp³-hybridized carbons (Fsp3) is 0.621. The lowest BCUT2D eigenvalue weighted by atomic mass is 9.71. The van der Waals surface area contributed by atoms with Gasteiger partial charge in [-0.05, 0) is 38.2 Å². The van der Waals surface area contributed by atoms with Crippen LogP contribution in [-0.2, 0) is 25.5 Å². The molecular formula is C29H40N2O5S. The summed E-state index contributed by atoms with van der Waals surface area (Å²) in [5.41, 5.74) is 0.986. The Hall–Kier alpha value is -2.32. The highest BCUT2D eigenvalue weighted by Gasteiger charge is 2.74. The number of thioether (sulfide) groups is 1. The first kappa shape index (κ1) is 27.7. The Morgan fingerprint density at radius 1 is 1.30 bits per heavy atom. The smallest absolute Gasteiger partial charge is 0.310 e. The molecule has 0 saturated carbocycles. The Morgan fingerprint density at radius 3 is 2.70 bits per heavy atom. The molecule has 37 heavy (non-hydrogen) atoms. The van der Waals surface area contributed by atoms with Crippen LogP contribution in [0.4, 0.5) is 0 Å². The van der Waals surface area contributed by atoms with Crippen LogP contribution in [0.3, 0.4) is 0 Å². The average Bonchev–Trinajstić information content (AvgIpc) is 3.54. The number of amides is 2. The van der Waals surface area contributed by atoms with Crippen molar-refractivity contribution in [2.24, 2.45) is 11.8 Å². The van der Waals surface area contributed by atoms with E-state index in [9.17, 15) is 19.5 Å². The highest BCUT2D eigenvalue weighted by Crippen LogP contribution is 2.67. The van der Waals surface area contributed by atoms with Gasteiger partial charge >= 0.3 is 5.97 Å². The number of likely N-dealkylation sites (tertiary alicyclic amines) is 1. The minimum Gasteiger partial charge on any atom is -0.466 e. The van der Waals surface area contributed by atoms with Crippen LogP contribution in [0.25, 0.3) is 0 Å². The van der Waals surface area contributed by atoms with Crippen molar-refractivity contribution in [1.82, 2.24) is 9.80 Å². The van der Waals surface area contributed by atoms with Crippen molar-refractivity contribution in [3.05, 3.63) is 48.6 Å². The number of nitrogens with zero attached hydrogens (tertiary/aromatic N) is 2. The predicted molar refractivity (Wildman–Crippen MR) is 145 cm³/mol. The zero-order valence-corrected chi connectivity index (χ0v) is 22.8. The van der Waals surface area contributed by atoms with Gasteiger partial charge in [0.1, 0.15) is 6.04 Å². The third kappa shape index (κ3) is 5.07. The number of unbranched alkanes of at least 4 members (excludes halogenated alkanes) is 2. The largest absolute Gasteiger partial charge is 0.466 e. The molecular weight excluding hydrogens is 488 g/mol. The van der Waals surface area contributed by atoms with Crippen LogP contribution in [0.1, 0.15) is 51.5 Å². The number of ether oxygens (including phenoxy) is 1. The summed E-state index contributed by atoms with van der Waals surface area (Å²) in [6.07, 6.45) is 6.56. The predicted octanol–water partition coefficient (Wildman–Crippen LogP) is 3.45. The summed E-state index contributed by atoms with van der Waals surface area (Å²) in [6, 6.07) is 8.43. The lowest BCUT2D eigenvalue weighted by Gasteiger charge is -2.39. The van der Waals surface area contributed by atoms with Crippen molar-refractivity contribution in [3.8, 4) is 0 Å². The average molecular weight is 529 g/mol. The molecule has 3 fully saturated rings. The second-order valence-electron chi connectivity index (χ2n) is 10.4. The summed E-state index contributed by atoms with van der Waals surface area (Å²) < 4.78 is 4.73. The Morgan fingerprint density at radius 2 is 2.05 bits per heavy atom. The molecule has 2 amide bonds. The molecule has 1 aromatic carbocycles. The standard InChI is InChI=1S/C29H40N2O5S/c1-4-7-11-17-30(16-5-2)27(34)25-29-15-14-22(37-29)23(28(35)36-6-3)24(29)26(33)31(25)21(19-32)18-20-12-9-8-10-13-20/h5,8-10,12-13,21-25,32H,2,4,6-7,11,14-19H2,1,3H3/t21-,22-,23+,24+,25?,29?/m1/s1. The van der Waals surface area contributed by atoms with E-state index in [1.165, 1.54) is 0 Å². The normalized spacial score (nSPS) is 28.7. The number of rotatable bonds is 13. The van der Waals surface area contributed by atoms with E-state index in [0.717, 1.165) is 31.2 Å². The van der Waals surface area contributed by atoms with Gasteiger partial charge in [-0.25, -0.2) is 0 Å². The monoisotopic (exact) mass is 528 g/mol. The molecule has 3 aliphatic rings. The van der Waals surface area contributed by atoms with Gasteiger partial charge in [0.05, 0.1) is 35.8 Å². The van der Waals surface area contributed by atoms with Gasteiger partial charge in [-0.1, -0.05) is 56.2 Å². The zero-order valence-electron chi connectivity index (χ0n) is 22.0. The summed E-state index contributed by atoms with van der Waals surface area (Å²) in [6.45, 7) is 8.75. The summed E-state index contributed by atoms with van der Waals surface area (Å²) in [5, 5.41) is 10.5. The molecule has 2 bridgehead atoms. The fourth-order valence-electron chi connectivity index (χ4n) is 6.58. The van der Waals surface area contributed by atoms with Crippen LogP contribution < -0.4 is 0 Å². The molecule has 3 aliphatic heterocycles. The van der Waals surface area contributed by atoms with Crippen molar-refractivity contribution in [2.75, 3.05) is 26.3 Å². The van der Waals surface area contributed by atoms with Crippen LogP contribution in [0.2, 0.25) is 0 Å². The van der Waals surface area contributed by atoms with Gasteiger partial charge in [0.25, 0.3) is 0 Å². The van der Waals surface area contributed by atoms with E-state index in [4.69, 9.17) is 4.74 Å². The molecule has 0 aliphatic carbocycles. The van der Waals surface area contributed by atoms with Crippen molar-refractivity contribution < 1.29 is 24.2 Å². The summed E-state index contributed by atoms with van der Waals surface area (Å²) in [7, 11) is 0. The highest BCUT2D eigenvalue weighted by molar-refractivity contribution is 8.02. The lowest BCUT2D eigenvalue weighted by molar-refractivity contribution is -0.154. The topological polar surface area (TPSA) is 87.2 Å². The van der Waals surface area contributed by atoms with Gasteiger partial charge in [-0.15, -0.1) is 18.3 Å². The molecule has 4 rings (SSSR count). The van der Waals surface area contributed by atoms with Crippen molar-refractivity contribution >= 4 is 29.5 Å². The van der Waals surface area contributed by atoms with E-state index < -0.39 is 28.7 Å². The van der Waals surface area contributed by atoms with Crippen molar-refractivity contribution in [3.63, 3.8) is 0 Å². The van der Waals surface area contributed by atoms with Crippen LogP contribution in [0.15, 0.2) is 43.0 Å². The van der Waals surface area contributed by atoms with E-state index in [2.05, 4.69) is 13.5 Å². The lowest BCUT2D eigenvalue weighted by Crippen LogP contribution is -2.58. The van der Waals surface area contributed by atoms with Gasteiger partial charge in [0.15, 0.2) is 0 Å². The number of hydrogen-bond donors (Lipinski definition) is 1. The van der Waals surface area contributed by atoms with E-state index >= 15 is 0 Å². The summed E-state index contributed by atoms with van der Waals surface area (Å²) >= 11 is 1.64. The molecule has 3 saturated heterocycles. The highest BCUT2D eigenvalue weighted by atomic mass is 32.2. The minimum absolute atomic E-state index is 0.0277. The number of aliphatic hydroxyl groups excluding tert-OH is 1. The molecule has 0 radical (unpaired) electrons. The maximum atomic E-state index is 14.4. The number of carbonyl (C=O) groups is 3. The van der Waals surface area contributed by atoms with E-state index in [1.807, 2.05) is 35.2 Å². The van der Waals surface area contributed by atoms with Crippen molar-refractivity contribution in [1.29, 1.82) is 0 Å². The third-order valence-corrected chi connectivity index (χ3v) is 10.1. The molecule has 1 spiro atoms. The molecule has 6 atom stereocenters. The molecule has 0 aromatic heterocycles. The zero-order chi connectivity index (χ0) is 26.6. The summed E-state index contributed by atoms with van der Waals surface area (Å²) in [5.74, 6) is -1.82. The summed E-state index contributed by atoms with van der Waals surface area (Å²) in [4.78, 5) is 45.1. The molecule has 3 heterocycles. The van der Waals surface area contributed by atoms with Gasteiger partial charge in [0.2, 0.25) is 11.8 Å². The molecule has 1 aromatic rings. The van der Waals surface area contributed by atoms with Crippen LogP contribution >= 0.6 is 11.8 Å². The third-order valence-electron chi connectivity index (χ3n) is 8.14. The first-order chi connectivity index (χ1) is 17.9. The van der Waals surface area contributed by atoms with Crippen LogP contribution in [0.5, 0.6) is 0 Å². The Kier molecular flexibility index (Phi) is 9.01. The number of fused-ring (bicyclic) bond motifs is 1. The van der Waals surface area contributed by atoms with E-state index in [1.54, 1.807) is 29.7 Å². The number of aliphatic hydroxyl groups is 1. The first-order valence-corrected chi connectivity index (χ1v) is 14.5. The van der Waals surface area contributed by atoms with E-state index in [-0.39, 0.29) is 36.2 Å². The Labute approximate surface area is 224 Å². The number of benzene rings is 1. The van der Waals surface area contributed by atoms with Gasteiger partial charge in [-0.3, -0.25) is 14.4 Å². The van der Waals surface area contributed by atoms with Gasteiger partial charge in [-0.2, -0.15) is 0 Å². The Bertz CT molecular complexity index is 988. The second kappa shape index (κ2) is 12.0. The molecule has 2 unspecified atom stereocenters. The Balaban J connectivity index is 1.74. The quantitative estimate of drug-likeness (QED) is 0.240. The number of hydrogen-bond acceptors (Lipinski definition) is 6. The van der Waals surface area contributed by atoms with Gasteiger partial charge < -0.3 is 19.6 Å². The number of carbonyl (C=O) groups excluding carboxylic acids is 3. The minimum atomic E-state index is -0.734. The fourth-order valence-corrected chi connectivity index (χ4v) is 8.77. The maximum Gasteiger partial charge on any atom is 0.310 e. The molecule has 8 heteroatoms. The molecule has 1 N–H and O–H groups in total. The molecule has 7 nitrogen and oxygen atoms in total. The van der Waals surface area contributed by atoms with E-state index in [0.29, 0.717) is 25.9 Å².